The van der Waals surface area contributed by atoms with Crippen LogP contribution >= 0.6 is 0 Å². The lowest BCUT2D eigenvalue weighted by Gasteiger charge is -2.30. The first-order valence-electron chi connectivity index (χ1n) is 6.91. The van der Waals surface area contributed by atoms with Crippen LogP contribution in [0.3, 0.4) is 0 Å². The Morgan fingerprint density at radius 1 is 1.24 bits per heavy atom. The SMILES string of the molecule is CCOC(CN(C)CC1CCCCN1)OCC. The molecule has 1 aliphatic rings. The number of rotatable bonds is 8. The first-order valence-corrected chi connectivity index (χ1v) is 6.91. The van der Waals surface area contributed by atoms with Gasteiger partial charge in [0.2, 0.25) is 0 Å². The van der Waals surface area contributed by atoms with Crippen molar-refractivity contribution < 1.29 is 9.47 Å². The van der Waals surface area contributed by atoms with Gasteiger partial charge >= 0.3 is 0 Å². The van der Waals surface area contributed by atoms with E-state index in [4.69, 9.17) is 9.47 Å². The van der Waals surface area contributed by atoms with E-state index < -0.39 is 0 Å². The topological polar surface area (TPSA) is 33.7 Å². The molecule has 1 aliphatic heterocycles. The van der Waals surface area contributed by atoms with Crippen LogP contribution in [0.25, 0.3) is 0 Å². The molecule has 1 fully saturated rings. The van der Waals surface area contributed by atoms with Gasteiger partial charge < -0.3 is 14.8 Å². The Morgan fingerprint density at radius 3 is 2.47 bits per heavy atom. The van der Waals surface area contributed by atoms with E-state index in [1.54, 1.807) is 0 Å². The van der Waals surface area contributed by atoms with Gasteiger partial charge in [0, 0.05) is 32.3 Å². The van der Waals surface area contributed by atoms with Crippen LogP contribution in [0.1, 0.15) is 33.1 Å². The van der Waals surface area contributed by atoms with Crippen molar-refractivity contribution in [2.24, 2.45) is 0 Å². The molecular weight excluding hydrogens is 216 g/mol. The Labute approximate surface area is 106 Å². The Hall–Kier alpha value is -0.160. The molecule has 102 valence electrons. The largest absolute Gasteiger partial charge is 0.352 e. The van der Waals surface area contributed by atoms with Gasteiger partial charge in [-0.3, -0.25) is 4.90 Å². The Kier molecular flexibility index (Phi) is 7.77. The number of nitrogens with zero attached hydrogens (tertiary/aromatic N) is 1. The van der Waals surface area contributed by atoms with Crippen molar-refractivity contribution in [3.8, 4) is 0 Å². The number of likely N-dealkylation sites (N-methyl/N-ethyl adjacent to an activating group) is 1. The van der Waals surface area contributed by atoms with Crippen molar-refractivity contribution in [1.82, 2.24) is 10.2 Å². The zero-order chi connectivity index (χ0) is 12.5. The number of nitrogens with one attached hydrogen (secondary N) is 1. The molecule has 0 bridgehead atoms. The predicted molar refractivity (Wildman–Crippen MR) is 70.2 cm³/mol. The third-order valence-electron chi connectivity index (χ3n) is 3.11. The molecule has 1 heterocycles. The van der Waals surface area contributed by atoms with E-state index in [0.29, 0.717) is 19.3 Å². The molecule has 0 aromatic heterocycles. The summed E-state index contributed by atoms with van der Waals surface area (Å²) in [5.41, 5.74) is 0. The summed E-state index contributed by atoms with van der Waals surface area (Å²) in [6.45, 7) is 8.53. The van der Waals surface area contributed by atoms with E-state index >= 15 is 0 Å². The molecule has 1 N–H and O–H groups in total. The number of hydrogen-bond donors (Lipinski definition) is 1. The number of piperidine rings is 1. The van der Waals surface area contributed by atoms with Gasteiger partial charge in [0.25, 0.3) is 0 Å². The molecule has 1 atom stereocenters. The van der Waals surface area contributed by atoms with E-state index in [1.807, 2.05) is 13.8 Å². The summed E-state index contributed by atoms with van der Waals surface area (Å²) in [5.74, 6) is 0. The minimum atomic E-state index is -0.0846. The van der Waals surface area contributed by atoms with E-state index in [9.17, 15) is 0 Å². The smallest absolute Gasteiger partial charge is 0.170 e. The van der Waals surface area contributed by atoms with Crippen LogP contribution < -0.4 is 5.32 Å². The molecule has 0 aliphatic carbocycles. The quantitative estimate of drug-likeness (QED) is 0.655. The van der Waals surface area contributed by atoms with Crippen molar-refractivity contribution in [1.29, 1.82) is 0 Å². The molecule has 0 aromatic carbocycles. The van der Waals surface area contributed by atoms with Crippen LogP contribution in [0.15, 0.2) is 0 Å². The minimum Gasteiger partial charge on any atom is -0.352 e. The second-order valence-corrected chi connectivity index (χ2v) is 4.71. The molecule has 1 rings (SSSR count). The van der Waals surface area contributed by atoms with Gasteiger partial charge in [0.15, 0.2) is 6.29 Å². The molecule has 17 heavy (non-hydrogen) atoms. The van der Waals surface area contributed by atoms with Crippen LogP contribution in [0.4, 0.5) is 0 Å². The average molecular weight is 244 g/mol. The fourth-order valence-corrected chi connectivity index (χ4v) is 2.31. The Morgan fingerprint density at radius 2 is 1.94 bits per heavy atom. The van der Waals surface area contributed by atoms with Gasteiger partial charge in [-0.2, -0.15) is 0 Å². The molecule has 0 amide bonds. The maximum atomic E-state index is 5.56. The Bertz CT molecular complexity index is 178. The van der Waals surface area contributed by atoms with Gasteiger partial charge in [-0.05, 0) is 40.3 Å². The highest BCUT2D eigenvalue weighted by molar-refractivity contribution is 4.75. The summed E-state index contributed by atoms with van der Waals surface area (Å²) in [6.07, 6.45) is 3.88. The summed E-state index contributed by atoms with van der Waals surface area (Å²) in [6, 6.07) is 0.637. The lowest BCUT2D eigenvalue weighted by Crippen LogP contribution is -2.44. The van der Waals surface area contributed by atoms with Gasteiger partial charge in [-0.15, -0.1) is 0 Å². The highest BCUT2D eigenvalue weighted by Gasteiger charge is 2.17. The summed E-state index contributed by atoms with van der Waals surface area (Å²) in [4.78, 5) is 2.30. The van der Waals surface area contributed by atoms with Crippen LogP contribution in [0.5, 0.6) is 0 Å². The molecule has 4 nitrogen and oxygen atoms in total. The normalized spacial score (nSPS) is 21.4. The van der Waals surface area contributed by atoms with Crippen molar-refractivity contribution in [2.75, 3.05) is 39.9 Å². The van der Waals surface area contributed by atoms with Crippen molar-refractivity contribution in [3.05, 3.63) is 0 Å². The predicted octanol–water partition coefficient (Wildman–Crippen LogP) is 1.46. The average Bonchev–Trinajstić information content (AvgIpc) is 2.30. The lowest BCUT2D eigenvalue weighted by atomic mass is 10.0. The van der Waals surface area contributed by atoms with Crippen LogP contribution in [-0.2, 0) is 9.47 Å². The van der Waals surface area contributed by atoms with Gasteiger partial charge in [0.1, 0.15) is 0 Å². The zero-order valence-electron chi connectivity index (χ0n) is 11.6. The fourth-order valence-electron chi connectivity index (χ4n) is 2.31. The number of hydrogen-bond acceptors (Lipinski definition) is 4. The summed E-state index contributed by atoms with van der Waals surface area (Å²) in [5, 5.41) is 3.56. The fraction of sp³-hybridized carbons (Fsp3) is 1.00. The van der Waals surface area contributed by atoms with Crippen molar-refractivity contribution >= 4 is 0 Å². The molecule has 0 aromatic rings. The third kappa shape index (κ3) is 6.36. The monoisotopic (exact) mass is 244 g/mol. The first-order chi connectivity index (χ1) is 8.26. The molecule has 1 saturated heterocycles. The van der Waals surface area contributed by atoms with E-state index in [2.05, 4.69) is 17.3 Å². The second-order valence-electron chi connectivity index (χ2n) is 4.71. The minimum absolute atomic E-state index is 0.0846. The van der Waals surface area contributed by atoms with Crippen molar-refractivity contribution in [3.63, 3.8) is 0 Å². The summed E-state index contributed by atoms with van der Waals surface area (Å²) in [7, 11) is 2.14. The van der Waals surface area contributed by atoms with E-state index in [0.717, 1.165) is 13.1 Å². The van der Waals surface area contributed by atoms with Gasteiger partial charge in [0.05, 0.1) is 0 Å². The maximum absolute atomic E-state index is 5.56. The van der Waals surface area contributed by atoms with Gasteiger partial charge in [-0.1, -0.05) is 6.42 Å². The molecule has 0 radical (unpaired) electrons. The van der Waals surface area contributed by atoms with Crippen LogP contribution in [0.2, 0.25) is 0 Å². The standard InChI is InChI=1S/C13H28N2O2/c1-4-16-13(17-5-2)11-15(3)10-12-8-6-7-9-14-12/h12-14H,4-11H2,1-3H3. The molecule has 1 unspecified atom stereocenters. The second kappa shape index (κ2) is 8.86. The molecular formula is C13H28N2O2. The summed E-state index contributed by atoms with van der Waals surface area (Å²) < 4.78 is 11.1. The highest BCUT2D eigenvalue weighted by atomic mass is 16.7. The van der Waals surface area contributed by atoms with Crippen LogP contribution in [-0.4, -0.2) is 57.1 Å². The summed E-state index contributed by atoms with van der Waals surface area (Å²) >= 11 is 0. The third-order valence-corrected chi connectivity index (χ3v) is 3.11. The molecule has 0 spiro atoms. The lowest BCUT2D eigenvalue weighted by molar-refractivity contribution is -0.145. The number of ether oxygens (including phenoxy) is 2. The maximum Gasteiger partial charge on any atom is 0.170 e. The highest BCUT2D eigenvalue weighted by Crippen LogP contribution is 2.08. The Balaban J connectivity index is 2.22. The zero-order valence-corrected chi connectivity index (χ0v) is 11.6. The van der Waals surface area contributed by atoms with Gasteiger partial charge in [-0.25, -0.2) is 0 Å². The van der Waals surface area contributed by atoms with Crippen molar-refractivity contribution in [2.45, 2.75) is 45.4 Å². The van der Waals surface area contributed by atoms with E-state index in [-0.39, 0.29) is 6.29 Å². The molecule has 0 saturated carbocycles. The first kappa shape index (κ1) is 14.9. The molecule has 4 heteroatoms. The van der Waals surface area contributed by atoms with Crippen LogP contribution in [0, 0.1) is 0 Å². The van der Waals surface area contributed by atoms with E-state index in [1.165, 1.54) is 25.8 Å².